The first-order valence-corrected chi connectivity index (χ1v) is 7.16. The summed E-state index contributed by atoms with van der Waals surface area (Å²) in [4.78, 5) is 11.4. The lowest BCUT2D eigenvalue weighted by Crippen LogP contribution is -2.39. The van der Waals surface area contributed by atoms with Crippen molar-refractivity contribution in [2.75, 3.05) is 0 Å². The molecule has 0 heterocycles. The number of rotatable bonds is 3. The second-order valence-electron chi connectivity index (χ2n) is 5.80. The number of aliphatic carboxylic acids is 1. The molecule has 106 valence electrons. The summed E-state index contributed by atoms with van der Waals surface area (Å²) in [5, 5.41) is 11.4. The zero-order valence-corrected chi connectivity index (χ0v) is 13.3. The maximum atomic E-state index is 11.4. The third-order valence-electron chi connectivity index (χ3n) is 3.08. The topological polar surface area (TPSA) is 46.5 Å². The Bertz CT molecular complexity index is 644. The van der Waals surface area contributed by atoms with Crippen molar-refractivity contribution >= 4 is 32.7 Å². The van der Waals surface area contributed by atoms with Gasteiger partial charge in [0.1, 0.15) is 5.75 Å². The Morgan fingerprint density at radius 1 is 1.20 bits per heavy atom. The molecular formula is C16H17BrO3. The van der Waals surface area contributed by atoms with Crippen LogP contribution in [0.5, 0.6) is 5.75 Å². The molecule has 3 nitrogen and oxygen atoms in total. The normalized spacial score (nSPS) is 13.2. The van der Waals surface area contributed by atoms with Crippen molar-refractivity contribution in [1.29, 1.82) is 0 Å². The first-order valence-electron chi connectivity index (χ1n) is 6.37. The second-order valence-corrected chi connectivity index (χ2v) is 6.59. The van der Waals surface area contributed by atoms with Gasteiger partial charge in [0.15, 0.2) is 6.10 Å². The molecule has 0 saturated heterocycles. The number of carboxylic acids is 1. The van der Waals surface area contributed by atoms with Gasteiger partial charge in [0.25, 0.3) is 0 Å². The fourth-order valence-corrected chi connectivity index (χ4v) is 2.62. The third-order valence-corrected chi connectivity index (χ3v) is 3.90. The van der Waals surface area contributed by atoms with Gasteiger partial charge in [0, 0.05) is 5.41 Å². The molecule has 1 N–H and O–H groups in total. The van der Waals surface area contributed by atoms with E-state index in [2.05, 4.69) is 15.9 Å². The van der Waals surface area contributed by atoms with Gasteiger partial charge in [-0.1, -0.05) is 51.1 Å². The van der Waals surface area contributed by atoms with Crippen LogP contribution in [0.3, 0.4) is 0 Å². The minimum Gasteiger partial charge on any atom is -0.478 e. The molecule has 0 bridgehead atoms. The Hall–Kier alpha value is -1.55. The zero-order valence-electron chi connectivity index (χ0n) is 11.7. The van der Waals surface area contributed by atoms with Crippen LogP contribution >= 0.6 is 15.9 Å². The van der Waals surface area contributed by atoms with Crippen LogP contribution in [0, 0.1) is 5.41 Å². The molecule has 0 aliphatic heterocycles. The van der Waals surface area contributed by atoms with Crippen molar-refractivity contribution in [3.05, 3.63) is 40.9 Å². The summed E-state index contributed by atoms with van der Waals surface area (Å²) in [5.41, 5.74) is -0.489. The predicted octanol–water partition coefficient (Wildman–Crippen LogP) is 4.48. The van der Waals surface area contributed by atoms with Crippen LogP contribution in [0.4, 0.5) is 0 Å². The Labute approximate surface area is 126 Å². The van der Waals surface area contributed by atoms with Gasteiger partial charge < -0.3 is 9.84 Å². The molecule has 2 aromatic carbocycles. The molecule has 0 aliphatic rings. The first kappa shape index (κ1) is 14.9. The highest BCUT2D eigenvalue weighted by atomic mass is 79.9. The van der Waals surface area contributed by atoms with E-state index in [0.717, 1.165) is 15.2 Å². The Kier molecular flexibility index (Phi) is 4.04. The van der Waals surface area contributed by atoms with Gasteiger partial charge >= 0.3 is 5.97 Å². The minimum atomic E-state index is -0.961. The summed E-state index contributed by atoms with van der Waals surface area (Å²) in [5.74, 6) is -0.413. The van der Waals surface area contributed by atoms with Gasteiger partial charge in [-0.2, -0.15) is 0 Å². The SMILES string of the molecule is CC(C)(C)C(Oc1ccc2ccccc2c1Br)C(=O)O. The molecule has 0 spiro atoms. The number of fused-ring (bicyclic) bond motifs is 1. The molecule has 0 fully saturated rings. The van der Waals surface area contributed by atoms with Crippen LogP contribution in [0.1, 0.15) is 20.8 Å². The highest BCUT2D eigenvalue weighted by Gasteiger charge is 2.33. The van der Waals surface area contributed by atoms with Crippen molar-refractivity contribution in [2.24, 2.45) is 5.41 Å². The highest BCUT2D eigenvalue weighted by Crippen LogP contribution is 2.35. The van der Waals surface area contributed by atoms with E-state index in [9.17, 15) is 9.90 Å². The molecule has 0 radical (unpaired) electrons. The molecule has 2 rings (SSSR count). The average molecular weight is 337 g/mol. The van der Waals surface area contributed by atoms with Gasteiger partial charge in [-0.05, 0) is 32.8 Å². The van der Waals surface area contributed by atoms with E-state index in [1.807, 2.05) is 51.1 Å². The lowest BCUT2D eigenvalue weighted by Gasteiger charge is -2.28. The van der Waals surface area contributed by atoms with Gasteiger partial charge in [-0.25, -0.2) is 4.79 Å². The summed E-state index contributed by atoms with van der Waals surface area (Å²) in [6.45, 7) is 5.54. The third kappa shape index (κ3) is 2.96. The second kappa shape index (κ2) is 5.44. The molecule has 0 aromatic heterocycles. The molecule has 2 aromatic rings. The predicted molar refractivity (Wildman–Crippen MR) is 83.2 cm³/mol. The molecule has 0 amide bonds. The molecule has 1 atom stereocenters. The molecular weight excluding hydrogens is 320 g/mol. The summed E-state index contributed by atoms with van der Waals surface area (Å²) in [7, 11) is 0. The van der Waals surface area contributed by atoms with Gasteiger partial charge in [0.2, 0.25) is 0 Å². The fourth-order valence-electron chi connectivity index (χ4n) is 2.03. The zero-order chi connectivity index (χ0) is 14.9. The lowest BCUT2D eigenvalue weighted by atomic mass is 9.89. The van der Waals surface area contributed by atoms with Crippen molar-refractivity contribution in [3.8, 4) is 5.75 Å². The minimum absolute atomic E-state index is 0.489. The summed E-state index contributed by atoms with van der Waals surface area (Å²) < 4.78 is 6.52. The monoisotopic (exact) mass is 336 g/mol. The summed E-state index contributed by atoms with van der Waals surface area (Å²) >= 11 is 3.51. The quantitative estimate of drug-likeness (QED) is 0.898. The van der Waals surface area contributed by atoms with Crippen molar-refractivity contribution in [1.82, 2.24) is 0 Å². The van der Waals surface area contributed by atoms with Gasteiger partial charge in [-0.3, -0.25) is 0 Å². The van der Waals surface area contributed by atoms with Gasteiger partial charge in [-0.15, -0.1) is 0 Å². The smallest absolute Gasteiger partial charge is 0.345 e. The maximum Gasteiger partial charge on any atom is 0.345 e. The summed E-state index contributed by atoms with van der Waals surface area (Å²) in [6, 6.07) is 11.6. The van der Waals surface area contributed by atoms with Crippen LogP contribution < -0.4 is 4.74 Å². The first-order chi connectivity index (χ1) is 9.30. The number of hydrogen-bond donors (Lipinski definition) is 1. The highest BCUT2D eigenvalue weighted by molar-refractivity contribution is 9.10. The summed E-state index contributed by atoms with van der Waals surface area (Å²) in [6.07, 6.45) is -0.903. The van der Waals surface area contributed by atoms with E-state index >= 15 is 0 Å². The Balaban J connectivity index is 2.43. The molecule has 1 unspecified atom stereocenters. The van der Waals surface area contributed by atoms with E-state index in [1.54, 1.807) is 6.07 Å². The Morgan fingerprint density at radius 2 is 1.85 bits per heavy atom. The van der Waals surface area contributed by atoms with Crippen molar-refractivity contribution in [3.63, 3.8) is 0 Å². The van der Waals surface area contributed by atoms with Crippen LogP contribution in [0.15, 0.2) is 40.9 Å². The fraction of sp³-hybridized carbons (Fsp3) is 0.312. The van der Waals surface area contributed by atoms with Crippen LogP contribution in [0.25, 0.3) is 10.8 Å². The number of carboxylic acid groups (broad SMARTS) is 1. The van der Waals surface area contributed by atoms with E-state index in [4.69, 9.17) is 4.74 Å². The van der Waals surface area contributed by atoms with E-state index in [1.165, 1.54) is 0 Å². The number of hydrogen-bond acceptors (Lipinski definition) is 2. The van der Waals surface area contributed by atoms with E-state index in [0.29, 0.717) is 5.75 Å². The van der Waals surface area contributed by atoms with Crippen LogP contribution in [-0.2, 0) is 4.79 Å². The maximum absolute atomic E-state index is 11.4. The number of carbonyl (C=O) groups is 1. The van der Waals surface area contributed by atoms with E-state index < -0.39 is 17.5 Å². The lowest BCUT2D eigenvalue weighted by molar-refractivity contribution is -0.150. The van der Waals surface area contributed by atoms with Crippen LogP contribution in [-0.4, -0.2) is 17.2 Å². The van der Waals surface area contributed by atoms with Crippen LogP contribution in [0.2, 0.25) is 0 Å². The molecule has 4 heteroatoms. The standard InChI is InChI=1S/C16H17BrO3/c1-16(2,3)14(15(18)19)20-12-9-8-10-6-4-5-7-11(10)13(12)17/h4-9,14H,1-3H3,(H,18,19). The molecule has 20 heavy (non-hydrogen) atoms. The molecule has 0 saturated carbocycles. The average Bonchev–Trinajstić information content (AvgIpc) is 2.36. The van der Waals surface area contributed by atoms with Crippen molar-refractivity contribution in [2.45, 2.75) is 26.9 Å². The number of benzene rings is 2. The number of ether oxygens (including phenoxy) is 1. The van der Waals surface area contributed by atoms with E-state index in [-0.39, 0.29) is 0 Å². The van der Waals surface area contributed by atoms with Crippen molar-refractivity contribution < 1.29 is 14.6 Å². The largest absolute Gasteiger partial charge is 0.478 e. The van der Waals surface area contributed by atoms with Gasteiger partial charge in [0.05, 0.1) is 4.47 Å². The Morgan fingerprint density at radius 3 is 2.45 bits per heavy atom. The molecule has 0 aliphatic carbocycles. The number of halogens is 1.